The van der Waals surface area contributed by atoms with E-state index in [-0.39, 0.29) is 0 Å². The van der Waals surface area contributed by atoms with Crippen LogP contribution in [-0.2, 0) is 0 Å². The second-order valence-electron chi connectivity index (χ2n) is 9.00. The van der Waals surface area contributed by atoms with E-state index >= 15 is 0 Å². The third-order valence-electron chi connectivity index (χ3n) is 5.99. The third-order valence-corrected chi connectivity index (χ3v) is 5.99. The zero-order valence-electron chi connectivity index (χ0n) is 20.7. The van der Waals surface area contributed by atoms with Gasteiger partial charge in [-0.05, 0) is 37.8 Å². The summed E-state index contributed by atoms with van der Waals surface area (Å²) < 4.78 is 12.4. The van der Waals surface area contributed by atoms with Crippen molar-refractivity contribution in [2.75, 3.05) is 13.2 Å². The monoisotopic (exact) mass is 418 g/mol. The fourth-order valence-corrected chi connectivity index (χ4v) is 3.94. The minimum absolute atomic E-state index is 0.799. The van der Waals surface area contributed by atoms with Gasteiger partial charge in [-0.2, -0.15) is 0 Å². The first-order valence-electron chi connectivity index (χ1n) is 13.1. The molecular weight excluding hydrogens is 368 g/mol. The Labute approximate surface area is 188 Å². The number of aryl methyl sites for hydroxylation is 2. The lowest BCUT2D eigenvalue weighted by Crippen LogP contribution is -2.05. The summed E-state index contributed by atoms with van der Waals surface area (Å²) in [6, 6.07) is 4.31. The van der Waals surface area contributed by atoms with Crippen LogP contribution < -0.4 is 9.47 Å². The van der Waals surface area contributed by atoms with Gasteiger partial charge in [0.1, 0.15) is 0 Å². The molecule has 0 bridgehead atoms. The SMILES string of the molecule is CCCCCCCCCCOc1c(C)ccc(C)c1OCCCCCCCCCC. The molecule has 0 aliphatic carbocycles. The Balaban J connectivity index is 2.26. The summed E-state index contributed by atoms with van der Waals surface area (Å²) in [6.45, 7) is 10.4. The van der Waals surface area contributed by atoms with Crippen molar-refractivity contribution in [2.24, 2.45) is 0 Å². The van der Waals surface area contributed by atoms with E-state index in [1.165, 1.54) is 101 Å². The molecule has 30 heavy (non-hydrogen) atoms. The summed E-state index contributed by atoms with van der Waals surface area (Å²) in [5.41, 5.74) is 2.37. The summed E-state index contributed by atoms with van der Waals surface area (Å²) >= 11 is 0. The van der Waals surface area contributed by atoms with Crippen LogP contribution in [0, 0.1) is 13.8 Å². The minimum Gasteiger partial charge on any atom is -0.489 e. The largest absolute Gasteiger partial charge is 0.489 e. The normalized spacial score (nSPS) is 11.1. The predicted octanol–water partition coefficient (Wildman–Crippen LogP) is 9.34. The van der Waals surface area contributed by atoms with E-state index in [0.717, 1.165) is 37.6 Å². The second-order valence-corrected chi connectivity index (χ2v) is 9.00. The molecule has 0 radical (unpaired) electrons. The first-order valence-corrected chi connectivity index (χ1v) is 13.1. The van der Waals surface area contributed by atoms with Gasteiger partial charge in [-0.25, -0.2) is 0 Å². The van der Waals surface area contributed by atoms with E-state index < -0.39 is 0 Å². The van der Waals surface area contributed by atoms with Crippen LogP contribution in [0.15, 0.2) is 12.1 Å². The fourth-order valence-electron chi connectivity index (χ4n) is 3.94. The molecule has 1 aromatic carbocycles. The molecule has 0 fully saturated rings. The van der Waals surface area contributed by atoms with Crippen molar-refractivity contribution >= 4 is 0 Å². The van der Waals surface area contributed by atoms with Gasteiger partial charge < -0.3 is 9.47 Å². The lowest BCUT2D eigenvalue weighted by molar-refractivity contribution is 0.255. The van der Waals surface area contributed by atoms with E-state index in [1.54, 1.807) is 0 Å². The molecule has 0 saturated heterocycles. The quantitative estimate of drug-likeness (QED) is 0.196. The van der Waals surface area contributed by atoms with Gasteiger partial charge >= 0.3 is 0 Å². The van der Waals surface area contributed by atoms with Crippen LogP contribution in [0.4, 0.5) is 0 Å². The lowest BCUT2D eigenvalue weighted by atomic mass is 10.1. The maximum atomic E-state index is 6.20. The summed E-state index contributed by atoms with van der Waals surface area (Å²) in [4.78, 5) is 0. The second kappa shape index (κ2) is 18.6. The summed E-state index contributed by atoms with van der Waals surface area (Å²) in [5.74, 6) is 1.94. The van der Waals surface area contributed by atoms with Crippen LogP contribution >= 0.6 is 0 Å². The van der Waals surface area contributed by atoms with E-state index in [0.29, 0.717) is 0 Å². The molecule has 0 amide bonds. The summed E-state index contributed by atoms with van der Waals surface area (Å²) in [7, 11) is 0. The highest BCUT2D eigenvalue weighted by atomic mass is 16.5. The fraction of sp³-hybridized carbons (Fsp3) is 0.786. The van der Waals surface area contributed by atoms with Crippen molar-refractivity contribution in [2.45, 2.75) is 130 Å². The number of hydrogen-bond donors (Lipinski definition) is 0. The van der Waals surface area contributed by atoms with Gasteiger partial charge in [0.15, 0.2) is 11.5 Å². The predicted molar refractivity (Wildman–Crippen MR) is 132 cm³/mol. The maximum Gasteiger partial charge on any atom is 0.164 e. The molecule has 0 atom stereocenters. The first kappa shape index (κ1) is 26.9. The zero-order valence-corrected chi connectivity index (χ0v) is 20.7. The highest BCUT2D eigenvalue weighted by molar-refractivity contribution is 5.51. The van der Waals surface area contributed by atoms with E-state index in [2.05, 4.69) is 39.8 Å². The molecule has 0 unspecified atom stereocenters. The molecule has 0 aliphatic rings. The van der Waals surface area contributed by atoms with E-state index in [9.17, 15) is 0 Å². The highest BCUT2D eigenvalue weighted by Gasteiger charge is 2.12. The van der Waals surface area contributed by atoms with Crippen LogP contribution in [0.1, 0.15) is 128 Å². The highest BCUT2D eigenvalue weighted by Crippen LogP contribution is 2.35. The Morgan fingerprint density at radius 2 is 0.767 bits per heavy atom. The standard InChI is InChI=1S/C28H50O2/c1-5-7-9-11-13-15-17-19-23-29-27-25(3)21-22-26(4)28(27)30-24-20-18-16-14-12-10-8-6-2/h21-22H,5-20,23-24H2,1-4H3. The topological polar surface area (TPSA) is 18.5 Å². The average molecular weight is 419 g/mol. The Morgan fingerprint density at radius 3 is 1.10 bits per heavy atom. The molecule has 0 spiro atoms. The number of rotatable bonds is 20. The van der Waals surface area contributed by atoms with Gasteiger partial charge in [-0.3, -0.25) is 0 Å². The van der Waals surface area contributed by atoms with Gasteiger partial charge in [0.2, 0.25) is 0 Å². The van der Waals surface area contributed by atoms with Gasteiger partial charge in [0.25, 0.3) is 0 Å². The minimum atomic E-state index is 0.799. The molecule has 0 heterocycles. The van der Waals surface area contributed by atoms with Crippen molar-refractivity contribution < 1.29 is 9.47 Å². The summed E-state index contributed by atoms with van der Waals surface area (Å²) in [5, 5.41) is 0. The molecule has 0 N–H and O–H groups in total. The van der Waals surface area contributed by atoms with Crippen LogP contribution in [0.5, 0.6) is 11.5 Å². The van der Waals surface area contributed by atoms with Crippen LogP contribution in [0.3, 0.4) is 0 Å². The Hall–Kier alpha value is -1.18. The van der Waals surface area contributed by atoms with Crippen LogP contribution in [0.25, 0.3) is 0 Å². The molecule has 2 heteroatoms. The smallest absolute Gasteiger partial charge is 0.164 e. The average Bonchev–Trinajstić information content (AvgIpc) is 2.75. The number of unbranched alkanes of at least 4 members (excludes halogenated alkanes) is 14. The Bertz CT molecular complexity index is 477. The van der Waals surface area contributed by atoms with Crippen LogP contribution in [-0.4, -0.2) is 13.2 Å². The van der Waals surface area contributed by atoms with Crippen molar-refractivity contribution in [1.82, 2.24) is 0 Å². The van der Waals surface area contributed by atoms with Gasteiger partial charge in [-0.1, -0.05) is 116 Å². The Morgan fingerprint density at radius 1 is 0.467 bits per heavy atom. The van der Waals surface area contributed by atoms with Crippen molar-refractivity contribution in [3.05, 3.63) is 23.3 Å². The van der Waals surface area contributed by atoms with Crippen molar-refractivity contribution in [1.29, 1.82) is 0 Å². The lowest BCUT2D eigenvalue weighted by Gasteiger charge is -2.17. The maximum absolute atomic E-state index is 6.20. The molecule has 1 aromatic rings. The van der Waals surface area contributed by atoms with E-state index in [1.807, 2.05) is 0 Å². The molecular formula is C28H50O2. The number of hydrogen-bond acceptors (Lipinski definition) is 2. The molecule has 174 valence electrons. The molecule has 0 saturated carbocycles. The van der Waals surface area contributed by atoms with E-state index in [4.69, 9.17) is 9.47 Å². The zero-order chi connectivity index (χ0) is 21.9. The van der Waals surface area contributed by atoms with Crippen molar-refractivity contribution in [3.63, 3.8) is 0 Å². The van der Waals surface area contributed by atoms with Gasteiger partial charge in [0, 0.05) is 0 Å². The molecule has 0 aliphatic heterocycles. The molecule has 0 aromatic heterocycles. The van der Waals surface area contributed by atoms with Gasteiger partial charge in [0.05, 0.1) is 13.2 Å². The molecule has 1 rings (SSSR count). The Kier molecular flexibility index (Phi) is 16.6. The van der Waals surface area contributed by atoms with Gasteiger partial charge in [-0.15, -0.1) is 0 Å². The number of benzene rings is 1. The van der Waals surface area contributed by atoms with Crippen molar-refractivity contribution in [3.8, 4) is 11.5 Å². The van der Waals surface area contributed by atoms with Crippen LogP contribution in [0.2, 0.25) is 0 Å². The summed E-state index contributed by atoms with van der Waals surface area (Å²) in [6.07, 6.45) is 21.2. The first-order chi connectivity index (χ1) is 14.7. The third kappa shape index (κ3) is 12.5. The number of ether oxygens (including phenoxy) is 2. The molecule has 2 nitrogen and oxygen atoms in total.